The van der Waals surface area contributed by atoms with E-state index in [0.29, 0.717) is 0 Å². The van der Waals surface area contributed by atoms with Gasteiger partial charge in [-0.25, -0.2) is 0 Å². The minimum atomic E-state index is -0.0543. The van der Waals surface area contributed by atoms with Gasteiger partial charge in [-0.3, -0.25) is 4.79 Å². The number of aryl methyl sites for hydroxylation is 1. The number of anilines is 1. The predicted molar refractivity (Wildman–Crippen MR) is 52.7 cm³/mol. The molecule has 0 saturated carbocycles. The second kappa shape index (κ2) is 3.63. The lowest BCUT2D eigenvalue weighted by atomic mass is 10.2. The van der Waals surface area contributed by atoms with E-state index in [1.54, 1.807) is 0 Å². The number of hydrogen-bond donors (Lipinski definition) is 2. The van der Waals surface area contributed by atoms with Crippen LogP contribution in [0.3, 0.4) is 0 Å². The fraction of sp³-hybridized carbons (Fsp3) is 0.222. The summed E-state index contributed by atoms with van der Waals surface area (Å²) >= 11 is 4.22. The van der Waals surface area contributed by atoms with E-state index in [2.05, 4.69) is 17.9 Å². The minimum absolute atomic E-state index is 0.0543. The monoisotopic (exact) mass is 181 g/mol. The summed E-state index contributed by atoms with van der Waals surface area (Å²) in [6.45, 7) is 3.44. The van der Waals surface area contributed by atoms with Crippen LogP contribution in [0.25, 0.3) is 0 Å². The van der Waals surface area contributed by atoms with Crippen LogP contribution in [0, 0.1) is 6.92 Å². The first-order chi connectivity index (χ1) is 5.59. The van der Waals surface area contributed by atoms with Gasteiger partial charge in [0.15, 0.2) is 0 Å². The maximum atomic E-state index is 10.7. The highest BCUT2D eigenvalue weighted by Gasteiger charge is 1.97. The zero-order valence-corrected chi connectivity index (χ0v) is 7.98. The molecule has 0 bridgehead atoms. The zero-order valence-electron chi connectivity index (χ0n) is 7.09. The average molecular weight is 181 g/mol. The van der Waals surface area contributed by atoms with Gasteiger partial charge in [-0.2, -0.15) is 0 Å². The average Bonchev–Trinajstić information content (AvgIpc) is 1.96. The molecular weight excluding hydrogens is 170 g/mol. The Morgan fingerprint density at radius 3 is 2.67 bits per heavy atom. The number of nitrogens with one attached hydrogen (secondary N) is 1. The number of rotatable bonds is 1. The van der Waals surface area contributed by atoms with Gasteiger partial charge < -0.3 is 5.32 Å². The molecule has 0 aliphatic carbocycles. The first-order valence-electron chi connectivity index (χ1n) is 3.67. The summed E-state index contributed by atoms with van der Waals surface area (Å²) in [5.74, 6) is -0.0543. The normalized spacial score (nSPS) is 9.58. The smallest absolute Gasteiger partial charge is 0.221 e. The van der Waals surface area contributed by atoms with Crippen LogP contribution in [-0.4, -0.2) is 5.91 Å². The van der Waals surface area contributed by atoms with Crippen LogP contribution in [0.4, 0.5) is 5.69 Å². The SMILES string of the molecule is CC(=O)Nc1ccc(S)c(C)c1. The molecule has 0 fully saturated rings. The molecule has 1 amide bonds. The summed E-state index contributed by atoms with van der Waals surface area (Å²) in [4.78, 5) is 11.6. The Morgan fingerprint density at radius 1 is 1.50 bits per heavy atom. The van der Waals surface area contributed by atoms with Crippen molar-refractivity contribution in [2.45, 2.75) is 18.7 Å². The number of thiol groups is 1. The van der Waals surface area contributed by atoms with Gasteiger partial charge in [-0.05, 0) is 30.7 Å². The van der Waals surface area contributed by atoms with Crippen molar-refractivity contribution in [1.82, 2.24) is 0 Å². The topological polar surface area (TPSA) is 29.1 Å². The van der Waals surface area contributed by atoms with E-state index in [1.807, 2.05) is 25.1 Å². The van der Waals surface area contributed by atoms with Crippen LogP contribution < -0.4 is 5.32 Å². The van der Waals surface area contributed by atoms with E-state index in [1.165, 1.54) is 6.92 Å². The molecule has 0 aliphatic heterocycles. The molecule has 12 heavy (non-hydrogen) atoms. The van der Waals surface area contributed by atoms with Crippen molar-refractivity contribution in [3.8, 4) is 0 Å². The van der Waals surface area contributed by atoms with E-state index in [4.69, 9.17) is 0 Å². The molecule has 0 atom stereocenters. The fourth-order valence-corrected chi connectivity index (χ4v) is 1.08. The number of benzene rings is 1. The maximum absolute atomic E-state index is 10.7. The molecule has 0 spiro atoms. The Hall–Kier alpha value is -0.960. The molecule has 0 radical (unpaired) electrons. The van der Waals surface area contributed by atoms with Gasteiger partial charge in [0.1, 0.15) is 0 Å². The Labute approximate surface area is 77.4 Å². The highest BCUT2D eigenvalue weighted by Crippen LogP contribution is 2.17. The number of amides is 1. The van der Waals surface area contributed by atoms with Crippen molar-refractivity contribution < 1.29 is 4.79 Å². The van der Waals surface area contributed by atoms with Crippen LogP contribution in [0.2, 0.25) is 0 Å². The van der Waals surface area contributed by atoms with E-state index >= 15 is 0 Å². The van der Waals surface area contributed by atoms with E-state index in [0.717, 1.165) is 16.1 Å². The van der Waals surface area contributed by atoms with Gasteiger partial charge in [0.2, 0.25) is 5.91 Å². The molecule has 1 aromatic rings. The second-order valence-electron chi connectivity index (χ2n) is 2.68. The standard InChI is InChI=1S/C9H11NOS/c1-6-5-8(10-7(2)11)3-4-9(6)12/h3-5,12H,1-2H3,(H,10,11). The Balaban J connectivity index is 2.89. The van der Waals surface area contributed by atoms with Crippen LogP contribution in [0.15, 0.2) is 23.1 Å². The maximum Gasteiger partial charge on any atom is 0.221 e. The number of carbonyl (C=O) groups excluding carboxylic acids is 1. The first-order valence-corrected chi connectivity index (χ1v) is 4.11. The van der Waals surface area contributed by atoms with Crippen molar-refractivity contribution >= 4 is 24.2 Å². The largest absolute Gasteiger partial charge is 0.326 e. The molecule has 3 heteroatoms. The zero-order chi connectivity index (χ0) is 9.14. The number of hydrogen-bond acceptors (Lipinski definition) is 2. The van der Waals surface area contributed by atoms with Crippen molar-refractivity contribution in [2.75, 3.05) is 5.32 Å². The third-order valence-corrected chi connectivity index (χ3v) is 2.02. The van der Waals surface area contributed by atoms with Gasteiger partial charge in [0.05, 0.1) is 0 Å². The quantitative estimate of drug-likeness (QED) is 0.639. The van der Waals surface area contributed by atoms with Gasteiger partial charge >= 0.3 is 0 Å². The summed E-state index contributed by atoms with van der Waals surface area (Å²) in [7, 11) is 0. The van der Waals surface area contributed by atoms with Crippen molar-refractivity contribution in [3.63, 3.8) is 0 Å². The molecular formula is C9H11NOS. The highest BCUT2D eigenvalue weighted by molar-refractivity contribution is 7.80. The first kappa shape index (κ1) is 9.13. The lowest BCUT2D eigenvalue weighted by Crippen LogP contribution is -2.05. The third kappa shape index (κ3) is 2.27. The van der Waals surface area contributed by atoms with E-state index in [-0.39, 0.29) is 5.91 Å². The molecule has 0 aliphatic rings. The van der Waals surface area contributed by atoms with Gasteiger partial charge in [-0.1, -0.05) is 0 Å². The second-order valence-corrected chi connectivity index (χ2v) is 3.16. The van der Waals surface area contributed by atoms with Crippen LogP contribution in [-0.2, 0) is 4.79 Å². The lowest BCUT2D eigenvalue weighted by molar-refractivity contribution is -0.114. The predicted octanol–water partition coefficient (Wildman–Crippen LogP) is 2.24. The van der Waals surface area contributed by atoms with Gasteiger partial charge in [0.25, 0.3) is 0 Å². The molecule has 0 unspecified atom stereocenters. The molecule has 1 aromatic carbocycles. The minimum Gasteiger partial charge on any atom is -0.326 e. The summed E-state index contributed by atoms with van der Waals surface area (Å²) in [6, 6.07) is 5.59. The van der Waals surface area contributed by atoms with Gasteiger partial charge in [-0.15, -0.1) is 12.6 Å². The van der Waals surface area contributed by atoms with Gasteiger partial charge in [0, 0.05) is 17.5 Å². The Bertz CT molecular complexity index is 309. The summed E-state index contributed by atoms with van der Waals surface area (Å²) in [5, 5.41) is 2.70. The summed E-state index contributed by atoms with van der Waals surface area (Å²) in [6.07, 6.45) is 0. The Kier molecular flexibility index (Phi) is 2.76. The number of carbonyl (C=O) groups is 1. The summed E-state index contributed by atoms with van der Waals surface area (Å²) in [5.41, 5.74) is 1.88. The van der Waals surface area contributed by atoms with Crippen molar-refractivity contribution in [1.29, 1.82) is 0 Å². The Morgan fingerprint density at radius 2 is 2.17 bits per heavy atom. The highest BCUT2D eigenvalue weighted by atomic mass is 32.1. The molecule has 0 heterocycles. The molecule has 0 saturated heterocycles. The molecule has 2 nitrogen and oxygen atoms in total. The molecule has 1 N–H and O–H groups in total. The van der Waals surface area contributed by atoms with E-state index < -0.39 is 0 Å². The van der Waals surface area contributed by atoms with Crippen LogP contribution in [0.1, 0.15) is 12.5 Å². The van der Waals surface area contributed by atoms with E-state index in [9.17, 15) is 4.79 Å². The lowest BCUT2D eigenvalue weighted by Gasteiger charge is -2.04. The van der Waals surface area contributed by atoms with Crippen molar-refractivity contribution in [2.24, 2.45) is 0 Å². The van der Waals surface area contributed by atoms with Crippen LogP contribution >= 0.6 is 12.6 Å². The van der Waals surface area contributed by atoms with Crippen molar-refractivity contribution in [3.05, 3.63) is 23.8 Å². The van der Waals surface area contributed by atoms with Crippen LogP contribution in [0.5, 0.6) is 0 Å². The molecule has 1 rings (SSSR count). The fourth-order valence-electron chi connectivity index (χ4n) is 0.936. The molecule has 0 aromatic heterocycles. The third-order valence-electron chi connectivity index (χ3n) is 1.52. The molecule has 64 valence electrons. The summed E-state index contributed by atoms with van der Waals surface area (Å²) < 4.78 is 0.